The van der Waals surface area contributed by atoms with Gasteiger partial charge in [0, 0.05) is 20.3 Å². The highest BCUT2D eigenvalue weighted by atomic mass is 28.4. The third kappa shape index (κ3) is 4.48. The van der Waals surface area contributed by atoms with Crippen molar-refractivity contribution in [2.75, 3.05) is 27.8 Å². The summed E-state index contributed by atoms with van der Waals surface area (Å²) in [6.07, 6.45) is 0. The Hall–Kier alpha value is 0.314. The molecule has 0 heterocycles. The van der Waals surface area contributed by atoms with E-state index in [1.165, 1.54) is 0 Å². The fourth-order valence-corrected chi connectivity index (χ4v) is 4.87. The first-order valence-electron chi connectivity index (χ1n) is 6.32. The average molecular weight is 278 g/mol. The first-order chi connectivity index (χ1) is 7.50. The van der Waals surface area contributed by atoms with E-state index in [0.717, 1.165) is 12.6 Å². The van der Waals surface area contributed by atoms with Crippen LogP contribution in [0.5, 0.6) is 0 Å². The number of nitrogens with zero attached hydrogens (tertiary/aromatic N) is 1. The summed E-state index contributed by atoms with van der Waals surface area (Å²) >= 11 is 0. The topological polar surface area (TPSA) is 21.7 Å². The van der Waals surface area contributed by atoms with Gasteiger partial charge in [0.05, 0.1) is 0 Å². The van der Waals surface area contributed by atoms with Gasteiger partial charge in [-0.05, 0) is 25.2 Å². The molecule has 0 aromatic rings. The van der Waals surface area contributed by atoms with Crippen molar-refractivity contribution in [1.82, 2.24) is 4.57 Å². The average Bonchev–Trinajstić information content (AvgIpc) is 2.23. The van der Waals surface area contributed by atoms with Crippen LogP contribution in [0.1, 0.15) is 20.8 Å². The number of rotatable bonds is 6. The lowest BCUT2D eigenvalue weighted by Gasteiger charge is -2.44. The normalized spacial score (nSPS) is 14.5. The highest BCUT2D eigenvalue weighted by Crippen LogP contribution is 2.37. The zero-order chi connectivity index (χ0) is 13.9. The van der Waals surface area contributed by atoms with Gasteiger partial charge in [0.2, 0.25) is 0 Å². The molecule has 0 aromatic heterocycles. The fourth-order valence-electron chi connectivity index (χ4n) is 1.51. The smallest absolute Gasteiger partial charge is 0.335 e. The third-order valence-electron chi connectivity index (χ3n) is 4.55. The lowest BCUT2D eigenvalue weighted by atomic mass is 10.2. The van der Waals surface area contributed by atoms with Crippen LogP contribution in [0.25, 0.3) is 0 Å². The molecule has 0 rings (SSSR count). The van der Waals surface area contributed by atoms with E-state index in [9.17, 15) is 0 Å². The monoisotopic (exact) mass is 277 g/mol. The van der Waals surface area contributed by atoms with Gasteiger partial charge in [-0.15, -0.1) is 0 Å². The molecule has 17 heavy (non-hydrogen) atoms. The van der Waals surface area contributed by atoms with Gasteiger partial charge in [0.25, 0.3) is 0 Å². The van der Waals surface area contributed by atoms with Crippen LogP contribution in [0.2, 0.25) is 30.7 Å². The Labute approximate surface area is 110 Å². The summed E-state index contributed by atoms with van der Waals surface area (Å²) in [5, 5.41) is 0.389. The molecule has 0 aliphatic rings. The molecule has 0 saturated heterocycles. The van der Waals surface area contributed by atoms with E-state index >= 15 is 0 Å². The first-order valence-corrected chi connectivity index (χ1v) is 11.8. The summed E-state index contributed by atoms with van der Waals surface area (Å²) in [6, 6.07) is 1.03. The zero-order valence-corrected chi connectivity index (χ0v) is 15.2. The molecule has 0 amide bonds. The van der Waals surface area contributed by atoms with Crippen LogP contribution >= 0.6 is 0 Å². The standard InChI is InChI=1S/C12H31NO2Si2/c1-12(2,3)16(7,8)13(4)10-11-17(9,14-5)15-6/h10-11H2,1-9H3. The van der Waals surface area contributed by atoms with Gasteiger partial charge in [-0.25, -0.2) is 0 Å². The Morgan fingerprint density at radius 1 is 1.00 bits per heavy atom. The van der Waals surface area contributed by atoms with Crippen LogP contribution in [0.15, 0.2) is 0 Å². The lowest BCUT2D eigenvalue weighted by molar-refractivity contribution is 0.246. The fraction of sp³-hybridized carbons (Fsp3) is 1.00. The van der Waals surface area contributed by atoms with E-state index in [-0.39, 0.29) is 0 Å². The van der Waals surface area contributed by atoms with Gasteiger partial charge in [0.1, 0.15) is 8.24 Å². The molecule has 0 spiro atoms. The minimum Gasteiger partial charge on any atom is -0.398 e. The first kappa shape index (κ1) is 17.3. The van der Waals surface area contributed by atoms with Crippen LogP contribution in [0.4, 0.5) is 0 Å². The van der Waals surface area contributed by atoms with Crippen molar-refractivity contribution in [2.24, 2.45) is 0 Å². The zero-order valence-electron chi connectivity index (χ0n) is 13.2. The van der Waals surface area contributed by atoms with Gasteiger partial charge in [-0.2, -0.15) is 0 Å². The predicted octanol–water partition coefficient (Wildman–Crippen LogP) is 3.29. The Morgan fingerprint density at radius 2 is 1.41 bits per heavy atom. The molecule has 0 unspecified atom stereocenters. The highest BCUT2D eigenvalue weighted by molar-refractivity contribution is 6.77. The Balaban J connectivity index is 4.51. The van der Waals surface area contributed by atoms with E-state index < -0.39 is 16.8 Å². The summed E-state index contributed by atoms with van der Waals surface area (Å²) in [5.41, 5.74) is 0. The molecular weight excluding hydrogens is 246 g/mol. The van der Waals surface area contributed by atoms with Gasteiger partial charge in [-0.1, -0.05) is 33.9 Å². The van der Waals surface area contributed by atoms with E-state index in [1.54, 1.807) is 14.2 Å². The van der Waals surface area contributed by atoms with Crippen LogP contribution in [-0.2, 0) is 8.85 Å². The summed E-state index contributed by atoms with van der Waals surface area (Å²) in [7, 11) is 2.47. The van der Waals surface area contributed by atoms with E-state index in [2.05, 4.69) is 52.0 Å². The molecule has 5 heteroatoms. The molecule has 0 N–H and O–H groups in total. The molecule has 0 aromatic carbocycles. The van der Waals surface area contributed by atoms with Crippen molar-refractivity contribution in [3.63, 3.8) is 0 Å². The van der Waals surface area contributed by atoms with E-state index in [4.69, 9.17) is 8.85 Å². The quantitative estimate of drug-likeness (QED) is 0.696. The largest absolute Gasteiger partial charge is 0.398 e. The second kappa shape index (κ2) is 5.97. The van der Waals surface area contributed by atoms with Crippen molar-refractivity contribution >= 4 is 16.8 Å². The van der Waals surface area contributed by atoms with Gasteiger partial charge < -0.3 is 13.4 Å². The molecule has 0 bridgehead atoms. The summed E-state index contributed by atoms with van der Waals surface area (Å²) in [4.78, 5) is 0. The maximum atomic E-state index is 5.54. The Morgan fingerprint density at radius 3 is 1.71 bits per heavy atom. The SMILES string of the molecule is CO[Si](C)(CCN(C)[Si](C)(C)C(C)(C)C)OC. The van der Waals surface area contributed by atoms with Gasteiger partial charge >= 0.3 is 8.56 Å². The molecule has 0 saturated carbocycles. The van der Waals surface area contributed by atoms with Crippen LogP contribution in [0.3, 0.4) is 0 Å². The minimum absolute atomic E-state index is 0.389. The second-order valence-corrected chi connectivity index (χ2v) is 15.5. The Bertz CT molecular complexity index is 235. The highest BCUT2D eigenvalue weighted by Gasteiger charge is 2.40. The van der Waals surface area contributed by atoms with Crippen molar-refractivity contribution in [3.8, 4) is 0 Å². The number of hydrogen-bond acceptors (Lipinski definition) is 3. The lowest BCUT2D eigenvalue weighted by Crippen LogP contribution is -2.54. The molecule has 0 radical (unpaired) electrons. The van der Waals surface area contributed by atoms with E-state index in [1.807, 2.05) is 0 Å². The van der Waals surface area contributed by atoms with Gasteiger partial charge in [0.15, 0.2) is 0 Å². The summed E-state index contributed by atoms with van der Waals surface area (Å²) in [6.45, 7) is 15.1. The number of hydrogen-bond donors (Lipinski definition) is 0. The van der Waals surface area contributed by atoms with Crippen molar-refractivity contribution in [3.05, 3.63) is 0 Å². The van der Waals surface area contributed by atoms with E-state index in [0.29, 0.717) is 5.04 Å². The van der Waals surface area contributed by atoms with Crippen LogP contribution in [-0.4, -0.2) is 49.2 Å². The summed E-state index contributed by atoms with van der Waals surface area (Å²) < 4.78 is 13.6. The predicted molar refractivity (Wildman–Crippen MR) is 80.3 cm³/mol. The van der Waals surface area contributed by atoms with Crippen molar-refractivity contribution in [2.45, 2.75) is 51.5 Å². The minimum atomic E-state index is -1.92. The molecule has 0 fully saturated rings. The Kier molecular flexibility index (Phi) is 6.08. The molecular formula is C12H31NO2Si2. The summed E-state index contributed by atoms with van der Waals surface area (Å²) in [5.74, 6) is 0. The van der Waals surface area contributed by atoms with Gasteiger partial charge in [-0.3, -0.25) is 0 Å². The molecule has 0 atom stereocenters. The maximum absolute atomic E-state index is 5.54. The van der Waals surface area contributed by atoms with Crippen molar-refractivity contribution in [1.29, 1.82) is 0 Å². The van der Waals surface area contributed by atoms with Crippen LogP contribution < -0.4 is 0 Å². The molecule has 0 aliphatic heterocycles. The molecule has 0 aliphatic carbocycles. The maximum Gasteiger partial charge on any atom is 0.335 e. The molecule has 3 nitrogen and oxygen atoms in total. The molecule has 104 valence electrons. The second-order valence-electron chi connectivity index (χ2n) is 6.52. The van der Waals surface area contributed by atoms with Crippen LogP contribution in [0, 0.1) is 0 Å². The third-order valence-corrected chi connectivity index (χ3v) is 13.2. The van der Waals surface area contributed by atoms with Crippen molar-refractivity contribution < 1.29 is 8.85 Å².